The molecule has 2 saturated heterocycles. The fourth-order valence-electron chi connectivity index (χ4n) is 4.50. The van der Waals surface area contributed by atoms with E-state index in [2.05, 4.69) is 28.0 Å². The van der Waals surface area contributed by atoms with Crippen LogP contribution in [-0.2, 0) is 0 Å². The second-order valence-electron chi connectivity index (χ2n) is 7.69. The van der Waals surface area contributed by atoms with E-state index in [9.17, 15) is 4.79 Å². The molecule has 4 rings (SSSR count). The molecule has 0 spiro atoms. The van der Waals surface area contributed by atoms with Crippen LogP contribution in [0.4, 0.5) is 0 Å². The van der Waals surface area contributed by atoms with Gasteiger partial charge < -0.3 is 14.5 Å². The van der Waals surface area contributed by atoms with Crippen molar-refractivity contribution in [2.45, 2.75) is 25.2 Å². The Kier molecular flexibility index (Phi) is 5.79. The van der Waals surface area contributed by atoms with Crippen LogP contribution in [0.5, 0.6) is 5.75 Å². The predicted molar refractivity (Wildman–Crippen MR) is 110 cm³/mol. The Labute approximate surface area is 165 Å². The number of amides is 1. The van der Waals surface area contributed by atoms with Crippen molar-refractivity contribution in [3.63, 3.8) is 0 Å². The minimum absolute atomic E-state index is 0.180. The van der Waals surface area contributed by atoms with E-state index in [1.165, 1.54) is 49.3 Å². The van der Waals surface area contributed by atoms with Gasteiger partial charge in [-0.05, 0) is 61.0 Å². The van der Waals surface area contributed by atoms with Crippen molar-refractivity contribution in [2.24, 2.45) is 5.92 Å². The summed E-state index contributed by atoms with van der Waals surface area (Å²) in [5.41, 5.74) is 1.29. The number of thiophene rings is 1. The van der Waals surface area contributed by atoms with E-state index in [0.29, 0.717) is 11.8 Å². The quantitative estimate of drug-likeness (QED) is 0.778. The predicted octanol–water partition coefficient (Wildman–Crippen LogP) is 4.10. The third-order valence-electron chi connectivity index (χ3n) is 5.92. The molecule has 1 amide bonds. The summed E-state index contributed by atoms with van der Waals surface area (Å²) in [7, 11) is 1.71. The van der Waals surface area contributed by atoms with Crippen LogP contribution < -0.4 is 4.74 Å². The molecule has 2 atom stereocenters. The van der Waals surface area contributed by atoms with Crippen molar-refractivity contribution in [1.29, 1.82) is 0 Å². The van der Waals surface area contributed by atoms with Crippen LogP contribution in [0.15, 0.2) is 41.8 Å². The van der Waals surface area contributed by atoms with Crippen LogP contribution in [0.1, 0.15) is 40.4 Å². The first-order valence-corrected chi connectivity index (χ1v) is 10.8. The number of likely N-dealkylation sites (tertiary alicyclic amines) is 2. The highest BCUT2D eigenvalue weighted by molar-refractivity contribution is 7.12. The maximum Gasteiger partial charge on any atom is 0.263 e. The Morgan fingerprint density at radius 2 is 2.00 bits per heavy atom. The van der Waals surface area contributed by atoms with Gasteiger partial charge in [-0.25, -0.2) is 0 Å². The summed E-state index contributed by atoms with van der Waals surface area (Å²) in [6.45, 7) is 5.11. The SMILES string of the molecule is COc1cccc(C2CN(C(=O)c3cccs3)CC2CN2CCCCC2)c1. The topological polar surface area (TPSA) is 32.8 Å². The van der Waals surface area contributed by atoms with Crippen LogP contribution >= 0.6 is 11.3 Å². The van der Waals surface area contributed by atoms with Crippen molar-refractivity contribution in [2.75, 3.05) is 39.8 Å². The molecular formula is C22H28N2O2S. The lowest BCUT2D eigenvalue weighted by Gasteiger charge is -2.31. The lowest BCUT2D eigenvalue weighted by Crippen LogP contribution is -2.36. The summed E-state index contributed by atoms with van der Waals surface area (Å²) in [5.74, 6) is 1.91. The largest absolute Gasteiger partial charge is 0.497 e. The van der Waals surface area contributed by atoms with Crippen LogP contribution in [-0.4, -0.2) is 55.5 Å². The summed E-state index contributed by atoms with van der Waals surface area (Å²) in [6.07, 6.45) is 3.95. The Hall–Kier alpha value is -1.85. The fourth-order valence-corrected chi connectivity index (χ4v) is 5.19. The number of piperidine rings is 1. The third kappa shape index (κ3) is 4.19. The minimum Gasteiger partial charge on any atom is -0.497 e. The number of rotatable bonds is 5. The zero-order valence-corrected chi connectivity index (χ0v) is 16.8. The van der Waals surface area contributed by atoms with Gasteiger partial charge in [0.05, 0.1) is 12.0 Å². The van der Waals surface area contributed by atoms with Gasteiger partial charge >= 0.3 is 0 Å². The van der Waals surface area contributed by atoms with Crippen molar-refractivity contribution >= 4 is 17.2 Å². The molecule has 0 saturated carbocycles. The summed E-state index contributed by atoms with van der Waals surface area (Å²) in [5, 5.41) is 1.98. The molecule has 0 aliphatic carbocycles. The van der Waals surface area contributed by atoms with Gasteiger partial charge in [0.2, 0.25) is 0 Å². The van der Waals surface area contributed by atoms with Gasteiger partial charge in [0.1, 0.15) is 5.75 Å². The summed E-state index contributed by atoms with van der Waals surface area (Å²) in [6, 6.07) is 12.3. The van der Waals surface area contributed by atoms with Crippen LogP contribution in [0.25, 0.3) is 0 Å². The van der Waals surface area contributed by atoms with Crippen LogP contribution in [0.3, 0.4) is 0 Å². The Balaban J connectivity index is 1.55. The maximum atomic E-state index is 12.9. The van der Waals surface area contributed by atoms with E-state index in [1.807, 2.05) is 23.6 Å². The van der Waals surface area contributed by atoms with E-state index in [4.69, 9.17) is 4.74 Å². The number of nitrogens with zero attached hydrogens (tertiary/aromatic N) is 2. The lowest BCUT2D eigenvalue weighted by molar-refractivity contribution is 0.0786. The van der Waals surface area contributed by atoms with Crippen molar-refractivity contribution in [1.82, 2.24) is 9.80 Å². The molecule has 144 valence electrons. The van der Waals surface area contributed by atoms with Gasteiger partial charge in [-0.15, -0.1) is 11.3 Å². The van der Waals surface area contributed by atoms with Crippen LogP contribution in [0, 0.1) is 5.92 Å². The summed E-state index contributed by atoms with van der Waals surface area (Å²) < 4.78 is 5.44. The number of hydrogen-bond acceptors (Lipinski definition) is 4. The second-order valence-corrected chi connectivity index (χ2v) is 8.64. The summed E-state index contributed by atoms with van der Waals surface area (Å²) in [4.78, 5) is 18.4. The van der Waals surface area contributed by atoms with Gasteiger partial charge in [0, 0.05) is 25.6 Å². The molecule has 3 heterocycles. The molecule has 2 aliphatic rings. The van der Waals surface area contributed by atoms with E-state index < -0.39 is 0 Å². The highest BCUT2D eigenvalue weighted by atomic mass is 32.1. The Morgan fingerprint density at radius 3 is 2.74 bits per heavy atom. The van der Waals surface area contributed by atoms with Crippen molar-refractivity contribution in [3.05, 3.63) is 52.2 Å². The van der Waals surface area contributed by atoms with E-state index in [0.717, 1.165) is 30.3 Å². The second kappa shape index (κ2) is 8.44. The number of carbonyl (C=O) groups is 1. The molecule has 27 heavy (non-hydrogen) atoms. The highest BCUT2D eigenvalue weighted by Crippen LogP contribution is 2.36. The molecule has 2 aliphatic heterocycles. The third-order valence-corrected chi connectivity index (χ3v) is 6.78. The van der Waals surface area contributed by atoms with E-state index >= 15 is 0 Å². The average molecular weight is 385 g/mol. The number of methoxy groups -OCH3 is 1. The zero-order chi connectivity index (χ0) is 18.6. The minimum atomic E-state index is 0.180. The van der Waals surface area contributed by atoms with Gasteiger partial charge in [-0.1, -0.05) is 24.6 Å². The molecule has 1 aromatic heterocycles. The lowest BCUT2D eigenvalue weighted by atomic mass is 9.88. The molecule has 4 nitrogen and oxygen atoms in total. The molecular weight excluding hydrogens is 356 g/mol. The molecule has 2 aromatic rings. The molecule has 5 heteroatoms. The first-order chi connectivity index (χ1) is 13.2. The molecule has 0 radical (unpaired) electrons. The Bertz CT molecular complexity index is 755. The Morgan fingerprint density at radius 1 is 1.15 bits per heavy atom. The first-order valence-electron chi connectivity index (χ1n) is 9.93. The van der Waals surface area contributed by atoms with Gasteiger partial charge in [-0.2, -0.15) is 0 Å². The monoisotopic (exact) mass is 384 g/mol. The van der Waals surface area contributed by atoms with Crippen molar-refractivity contribution in [3.8, 4) is 5.75 Å². The molecule has 2 fully saturated rings. The smallest absolute Gasteiger partial charge is 0.263 e. The zero-order valence-electron chi connectivity index (χ0n) is 16.0. The number of benzene rings is 1. The number of carbonyl (C=O) groups excluding carboxylic acids is 1. The highest BCUT2D eigenvalue weighted by Gasteiger charge is 2.37. The molecule has 2 unspecified atom stereocenters. The van der Waals surface area contributed by atoms with Crippen molar-refractivity contribution < 1.29 is 9.53 Å². The first kappa shape index (κ1) is 18.5. The van der Waals surface area contributed by atoms with Gasteiger partial charge in [0.25, 0.3) is 5.91 Å². The normalized spacial score (nSPS) is 23.5. The van der Waals surface area contributed by atoms with Gasteiger partial charge in [-0.3, -0.25) is 4.79 Å². The van der Waals surface area contributed by atoms with Crippen LogP contribution in [0.2, 0.25) is 0 Å². The van der Waals surface area contributed by atoms with E-state index in [1.54, 1.807) is 7.11 Å². The standard InChI is InChI=1S/C22H28N2O2S/c1-26-19-8-5-7-17(13-19)20-16-24(22(25)21-9-6-12-27-21)15-18(20)14-23-10-3-2-4-11-23/h5-9,12-13,18,20H,2-4,10-11,14-16H2,1H3. The van der Waals surface area contributed by atoms with E-state index in [-0.39, 0.29) is 5.91 Å². The fraction of sp³-hybridized carbons (Fsp3) is 0.500. The average Bonchev–Trinajstić information content (AvgIpc) is 3.39. The number of ether oxygens (including phenoxy) is 1. The number of hydrogen-bond donors (Lipinski definition) is 0. The molecule has 1 aromatic carbocycles. The van der Waals surface area contributed by atoms with Gasteiger partial charge in [0.15, 0.2) is 0 Å². The maximum absolute atomic E-state index is 12.9. The summed E-state index contributed by atoms with van der Waals surface area (Å²) >= 11 is 1.54. The molecule has 0 bridgehead atoms. The molecule has 0 N–H and O–H groups in total.